The average Bonchev–Trinajstić information content (AvgIpc) is 2.48. The number of rotatable bonds is 1. The van der Waals surface area contributed by atoms with Crippen molar-refractivity contribution in [2.75, 3.05) is 0 Å². The third-order valence-corrected chi connectivity index (χ3v) is 3.65. The van der Waals surface area contributed by atoms with E-state index in [1.54, 1.807) is 6.92 Å². The van der Waals surface area contributed by atoms with Gasteiger partial charge in [0.2, 0.25) is 5.91 Å². The van der Waals surface area contributed by atoms with Crippen LogP contribution in [0.15, 0.2) is 0 Å². The van der Waals surface area contributed by atoms with E-state index in [2.05, 4.69) is 5.32 Å². The van der Waals surface area contributed by atoms with Crippen LogP contribution in [0.25, 0.3) is 0 Å². The Balaban J connectivity index is 1.95. The first-order chi connectivity index (χ1) is 5.73. The van der Waals surface area contributed by atoms with Crippen molar-refractivity contribution in [2.24, 2.45) is 5.41 Å². The van der Waals surface area contributed by atoms with E-state index in [4.69, 9.17) is 0 Å². The maximum Gasteiger partial charge on any atom is 0.217 e. The third kappa shape index (κ3) is 1.13. The molecule has 2 rings (SSSR count). The molecule has 1 amide bonds. The second-order valence-electron chi connectivity index (χ2n) is 4.36. The van der Waals surface area contributed by atoms with Gasteiger partial charge in [0.15, 0.2) is 0 Å². The maximum absolute atomic E-state index is 10.9. The van der Waals surface area contributed by atoms with Gasteiger partial charge in [0.1, 0.15) is 0 Å². The molecule has 1 N–H and O–H groups in total. The fourth-order valence-electron chi connectivity index (χ4n) is 2.85. The van der Waals surface area contributed by atoms with E-state index in [9.17, 15) is 4.79 Å². The van der Waals surface area contributed by atoms with E-state index in [0.29, 0.717) is 11.5 Å². The van der Waals surface area contributed by atoms with Gasteiger partial charge in [0.05, 0.1) is 0 Å². The van der Waals surface area contributed by atoms with Gasteiger partial charge in [-0.25, -0.2) is 0 Å². The Morgan fingerprint density at radius 1 is 1.33 bits per heavy atom. The van der Waals surface area contributed by atoms with Crippen molar-refractivity contribution < 1.29 is 4.79 Å². The largest absolute Gasteiger partial charge is 0.353 e. The molecule has 1 atom stereocenters. The lowest BCUT2D eigenvalue weighted by Gasteiger charge is -2.47. The first-order valence-electron chi connectivity index (χ1n) is 5.00. The molecule has 2 aliphatic carbocycles. The Morgan fingerprint density at radius 2 is 2.00 bits per heavy atom. The van der Waals surface area contributed by atoms with Crippen LogP contribution < -0.4 is 5.32 Å². The van der Waals surface area contributed by atoms with Gasteiger partial charge < -0.3 is 5.32 Å². The quantitative estimate of drug-likeness (QED) is 0.634. The van der Waals surface area contributed by atoms with Crippen molar-refractivity contribution in [3.63, 3.8) is 0 Å². The molecule has 2 heteroatoms. The van der Waals surface area contributed by atoms with E-state index in [0.717, 1.165) is 0 Å². The zero-order valence-corrected chi connectivity index (χ0v) is 7.73. The SMILES string of the molecule is CC(=O)NC1CCC12CCCC2. The lowest BCUT2D eigenvalue weighted by Crippen LogP contribution is -2.53. The highest BCUT2D eigenvalue weighted by molar-refractivity contribution is 5.73. The lowest BCUT2D eigenvalue weighted by atomic mass is 9.63. The summed E-state index contributed by atoms with van der Waals surface area (Å²) in [5.41, 5.74) is 0.533. The van der Waals surface area contributed by atoms with Crippen molar-refractivity contribution in [3.8, 4) is 0 Å². The fraction of sp³-hybridized carbons (Fsp3) is 0.900. The molecule has 2 fully saturated rings. The molecule has 68 valence electrons. The zero-order valence-electron chi connectivity index (χ0n) is 7.73. The van der Waals surface area contributed by atoms with Crippen molar-refractivity contribution in [3.05, 3.63) is 0 Å². The lowest BCUT2D eigenvalue weighted by molar-refractivity contribution is -0.122. The van der Waals surface area contributed by atoms with Gasteiger partial charge in [0, 0.05) is 13.0 Å². The summed E-state index contributed by atoms with van der Waals surface area (Å²) in [4.78, 5) is 10.9. The van der Waals surface area contributed by atoms with Gasteiger partial charge in [-0.2, -0.15) is 0 Å². The van der Waals surface area contributed by atoms with Crippen LogP contribution in [-0.2, 0) is 4.79 Å². The predicted octanol–water partition coefficient (Wildman–Crippen LogP) is 1.85. The van der Waals surface area contributed by atoms with Crippen molar-refractivity contribution in [1.29, 1.82) is 0 Å². The molecule has 2 saturated carbocycles. The van der Waals surface area contributed by atoms with Gasteiger partial charge in [-0.1, -0.05) is 12.8 Å². The van der Waals surface area contributed by atoms with Crippen LogP contribution in [0.5, 0.6) is 0 Å². The summed E-state index contributed by atoms with van der Waals surface area (Å²) in [6.45, 7) is 1.63. The Morgan fingerprint density at radius 3 is 2.42 bits per heavy atom. The Hall–Kier alpha value is -0.530. The molecular weight excluding hydrogens is 150 g/mol. The molecule has 1 spiro atoms. The van der Waals surface area contributed by atoms with Crippen molar-refractivity contribution >= 4 is 5.91 Å². The Bertz CT molecular complexity index is 194. The van der Waals surface area contributed by atoms with Crippen molar-refractivity contribution in [1.82, 2.24) is 5.32 Å². The topological polar surface area (TPSA) is 29.1 Å². The predicted molar refractivity (Wildman–Crippen MR) is 47.7 cm³/mol. The number of carbonyl (C=O) groups excluding carboxylic acids is 1. The van der Waals surface area contributed by atoms with Gasteiger partial charge in [-0.3, -0.25) is 4.79 Å². The standard InChI is InChI=1S/C10H17NO/c1-8(12)11-9-4-7-10(9)5-2-3-6-10/h9H,2-7H2,1H3,(H,11,12). The molecule has 0 aliphatic heterocycles. The summed E-state index contributed by atoms with van der Waals surface area (Å²) < 4.78 is 0. The fourth-order valence-corrected chi connectivity index (χ4v) is 2.85. The van der Waals surface area contributed by atoms with Crippen LogP contribution in [0.3, 0.4) is 0 Å². The van der Waals surface area contributed by atoms with Crippen LogP contribution in [0, 0.1) is 5.41 Å². The molecule has 2 aliphatic rings. The van der Waals surface area contributed by atoms with Crippen LogP contribution in [0.1, 0.15) is 45.4 Å². The molecule has 2 nitrogen and oxygen atoms in total. The average molecular weight is 167 g/mol. The molecular formula is C10H17NO. The first-order valence-corrected chi connectivity index (χ1v) is 5.00. The number of nitrogens with one attached hydrogen (secondary N) is 1. The highest BCUT2D eigenvalue weighted by Crippen LogP contribution is 2.53. The summed E-state index contributed by atoms with van der Waals surface area (Å²) in [6.07, 6.45) is 7.99. The smallest absolute Gasteiger partial charge is 0.217 e. The molecule has 0 saturated heterocycles. The molecule has 0 bridgehead atoms. The maximum atomic E-state index is 10.9. The Kier molecular flexibility index (Phi) is 1.85. The molecule has 12 heavy (non-hydrogen) atoms. The molecule has 0 aromatic rings. The zero-order chi connectivity index (χ0) is 8.60. The molecule has 0 aromatic heterocycles. The van der Waals surface area contributed by atoms with E-state index < -0.39 is 0 Å². The van der Waals surface area contributed by atoms with Gasteiger partial charge in [-0.15, -0.1) is 0 Å². The molecule has 0 heterocycles. The second-order valence-corrected chi connectivity index (χ2v) is 4.36. The summed E-state index contributed by atoms with van der Waals surface area (Å²) >= 11 is 0. The van der Waals surface area contributed by atoms with E-state index in [1.165, 1.54) is 38.5 Å². The van der Waals surface area contributed by atoms with Gasteiger partial charge in [0.25, 0.3) is 0 Å². The van der Waals surface area contributed by atoms with E-state index in [-0.39, 0.29) is 5.91 Å². The number of carbonyl (C=O) groups is 1. The monoisotopic (exact) mass is 167 g/mol. The minimum atomic E-state index is 0.144. The van der Waals surface area contributed by atoms with Crippen LogP contribution >= 0.6 is 0 Å². The normalized spacial score (nSPS) is 31.6. The summed E-state index contributed by atoms with van der Waals surface area (Å²) in [7, 11) is 0. The highest BCUT2D eigenvalue weighted by atomic mass is 16.1. The number of hydrogen-bond donors (Lipinski definition) is 1. The summed E-state index contributed by atoms with van der Waals surface area (Å²) in [5, 5.41) is 3.07. The number of amides is 1. The molecule has 0 aromatic carbocycles. The van der Waals surface area contributed by atoms with Crippen LogP contribution in [-0.4, -0.2) is 11.9 Å². The van der Waals surface area contributed by atoms with E-state index in [1.807, 2.05) is 0 Å². The molecule has 0 radical (unpaired) electrons. The Labute approximate surface area is 73.7 Å². The number of hydrogen-bond acceptors (Lipinski definition) is 1. The molecule has 1 unspecified atom stereocenters. The van der Waals surface area contributed by atoms with Gasteiger partial charge in [-0.05, 0) is 31.1 Å². The van der Waals surface area contributed by atoms with Crippen molar-refractivity contribution in [2.45, 2.75) is 51.5 Å². The minimum absolute atomic E-state index is 0.144. The summed E-state index contributed by atoms with van der Waals surface area (Å²) in [6, 6.07) is 0.512. The van der Waals surface area contributed by atoms with Crippen LogP contribution in [0.2, 0.25) is 0 Å². The first kappa shape index (κ1) is 8.09. The summed E-state index contributed by atoms with van der Waals surface area (Å²) in [5.74, 6) is 0.144. The van der Waals surface area contributed by atoms with Crippen LogP contribution in [0.4, 0.5) is 0 Å². The highest BCUT2D eigenvalue weighted by Gasteiger charge is 2.48. The van der Waals surface area contributed by atoms with E-state index >= 15 is 0 Å². The minimum Gasteiger partial charge on any atom is -0.353 e. The third-order valence-electron chi connectivity index (χ3n) is 3.65. The van der Waals surface area contributed by atoms with Gasteiger partial charge >= 0.3 is 0 Å². The second kappa shape index (κ2) is 2.75.